The zero-order valence-electron chi connectivity index (χ0n) is 17.6. The van der Waals surface area contributed by atoms with Crippen molar-refractivity contribution in [3.05, 3.63) is 70.3 Å². The van der Waals surface area contributed by atoms with E-state index in [1.165, 1.54) is 9.47 Å². The highest BCUT2D eigenvalue weighted by Gasteiger charge is 2.40. The Balaban J connectivity index is 1.42. The number of nitrogens with zero attached hydrogens (tertiary/aromatic N) is 3. The average molecular weight is 438 g/mol. The van der Waals surface area contributed by atoms with E-state index in [1.54, 1.807) is 13.1 Å². The third-order valence-electron chi connectivity index (χ3n) is 5.26. The minimum atomic E-state index is -0.391. The zero-order chi connectivity index (χ0) is 22.1. The second-order valence-corrected chi connectivity index (χ2v) is 8.87. The number of hydrogen-bond donors (Lipinski definition) is 0. The summed E-state index contributed by atoms with van der Waals surface area (Å²) in [5, 5.41) is 0.00314. The van der Waals surface area contributed by atoms with Gasteiger partial charge in [-0.15, -0.1) is 0 Å². The molecule has 2 aromatic carbocycles. The smallest absolute Gasteiger partial charge is 0.289 e. The molecule has 4 rings (SSSR count). The number of benzene rings is 2. The van der Waals surface area contributed by atoms with Gasteiger partial charge in [-0.05, 0) is 50.1 Å². The van der Waals surface area contributed by atoms with Crippen molar-refractivity contribution in [3.8, 4) is 5.75 Å². The van der Waals surface area contributed by atoms with Crippen LogP contribution in [0.4, 0.5) is 4.79 Å². The van der Waals surface area contributed by atoms with E-state index >= 15 is 0 Å². The fraction of sp³-hybridized carbons (Fsp3) is 0.304. The Kier molecular flexibility index (Phi) is 5.82. The summed E-state index contributed by atoms with van der Waals surface area (Å²) in [4.78, 5) is 42.9. The molecule has 0 aliphatic carbocycles. The number of carbonyl (C=O) groups excluding carboxylic acids is 2. The minimum Gasteiger partial charge on any atom is -0.486 e. The lowest BCUT2D eigenvalue weighted by molar-refractivity contribution is -0.127. The normalized spacial score (nSPS) is 16.5. The molecule has 0 spiro atoms. The molecule has 0 radical (unpaired) electrons. The number of rotatable bonds is 6. The number of carbonyl (C=O) groups is 2. The van der Waals surface area contributed by atoms with E-state index in [2.05, 4.69) is 4.98 Å². The van der Waals surface area contributed by atoms with Crippen LogP contribution in [0.3, 0.4) is 0 Å². The summed E-state index contributed by atoms with van der Waals surface area (Å²) in [5.41, 5.74) is 1.49. The largest absolute Gasteiger partial charge is 0.486 e. The van der Waals surface area contributed by atoms with Gasteiger partial charge in [0.1, 0.15) is 18.2 Å². The average Bonchev–Trinajstić information content (AvgIpc) is 3.03. The number of para-hydroxylation sites is 1. The number of aromatic nitrogens is 2. The van der Waals surface area contributed by atoms with Gasteiger partial charge in [-0.3, -0.25) is 23.9 Å². The molecule has 0 bridgehead atoms. The monoisotopic (exact) mass is 437 g/mol. The molecule has 1 aliphatic rings. The van der Waals surface area contributed by atoms with Crippen molar-refractivity contribution in [2.45, 2.75) is 38.2 Å². The minimum absolute atomic E-state index is 0.108. The van der Waals surface area contributed by atoms with Crippen molar-refractivity contribution in [1.29, 1.82) is 0 Å². The van der Waals surface area contributed by atoms with E-state index in [4.69, 9.17) is 4.74 Å². The van der Waals surface area contributed by atoms with Gasteiger partial charge in [0, 0.05) is 13.1 Å². The number of ether oxygens (including phenoxy) is 1. The third kappa shape index (κ3) is 4.20. The molecule has 1 aromatic heterocycles. The molecule has 1 saturated heterocycles. The molecular weight excluding hydrogens is 414 g/mol. The van der Waals surface area contributed by atoms with Crippen LogP contribution in [0.2, 0.25) is 0 Å². The van der Waals surface area contributed by atoms with Crippen LogP contribution in [0.5, 0.6) is 5.75 Å². The first kappa shape index (κ1) is 21.1. The predicted octanol–water partition coefficient (Wildman–Crippen LogP) is 3.53. The van der Waals surface area contributed by atoms with Gasteiger partial charge in [-0.2, -0.15) is 0 Å². The highest BCUT2D eigenvalue weighted by atomic mass is 32.2. The van der Waals surface area contributed by atoms with Crippen molar-refractivity contribution in [2.24, 2.45) is 7.05 Å². The maximum Gasteiger partial charge on any atom is 0.289 e. The van der Waals surface area contributed by atoms with E-state index in [0.717, 1.165) is 17.3 Å². The Morgan fingerprint density at radius 2 is 1.77 bits per heavy atom. The number of hydrogen-bond acceptors (Lipinski definition) is 6. The van der Waals surface area contributed by atoms with Crippen LogP contribution >= 0.6 is 11.8 Å². The van der Waals surface area contributed by atoms with Crippen molar-refractivity contribution in [2.75, 3.05) is 0 Å². The molecule has 1 unspecified atom stereocenters. The molecule has 8 heteroatoms. The topological polar surface area (TPSA) is 81.5 Å². The maximum atomic E-state index is 12.5. The van der Waals surface area contributed by atoms with Crippen molar-refractivity contribution in [1.82, 2.24) is 14.5 Å². The van der Waals surface area contributed by atoms with Crippen molar-refractivity contribution in [3.63, 3.8) is 0 Å². The van der Waals surface area contributed by atoms with Gasteiger partial charge in [-0.25, -0.2) is 4.98 Å². The quantitative estimate of drug-likeness (QED) is 0.587. The van der Waals surface area contributed by atoms with Crippen LogP contribution in [0, 0.1) is 0 Å². The maximum absolute atomic E-state index is 12.5. The first-order valence-corrected chi connectivity index (χ1v) is 10.9. The Labute approximate surface area is 184 Å². The van der Waals surface area contributed by atoms with Crippen LogP contribution in [0.25, 0.3) is 10.9 Å². The Morgan fingerprint density at radius 1 is 1.06 bits per heavy atom. The molecule has 1 fully saturated rings. The fourth-order valence-electron chi connectivity index (χ4n) is 3.55. The van der Waals surface area contributed by atoms with Crippen LogP contribution < -0.4 is 10.3 Å². The van der Waals surface area contributed by atoms with Crippen molar-refractivity contribution < 1.29 is 14.3 Å². The van der Waals surface area contributed by atoms with Crippen LogP contribution in [-0.2, 0) is 24.9 Å². The molecule has 0 saturated carbocycles. The standard InChI is InChI=1S/C23H23N3O4S/c1-14(2)26-22(28)19(31-23(26)29)12-15-8-10-16(11-9-15)30-13-20-24-18-7-5-4-6-17(18)21(27)25(20)3/h4-11,14,19H,12-13H2,1-3H3. The van der Waals surface area contributed by atoms with Gasteiger partial charge in [-0.1, -0.05) is 36.0 Å². The third-order valence-corrected chi connectivity index (χ3v) is 6.31. The summed E-state index contributed by atoms with van der Waals surface area (Å²) in [5.74, 6) is 1.04. The van der Waals surface area contributed by atoms with Crippen LogP contribution in [0.15, 0.2) is 53.3 Å². The summed E-state index contributed by atoms with van der Waals surface area (Å²) >= 11 is 1.09. The molecule has 1 atom stereocenters. The van der Waals surface area contributed by atoms with Crippen LogP contribution in [0.1, 0.15) is 25.2 Å². The first-order chi connectivity index (χ1) is 14.8. The summed E-state index contributed by atoms with van der Waals surface area (Å²) in [6.07, 6.45) is 0.486. The van der Waals surface area contributed by atoms with E-state index in [1.807, 2.05) is 56.3 Å². The summed E-state index contributed by atoms with van der Waals surface area (Å²) in [6.45, 7) is 3.83. The molecule has 2 heterocycles. The van der Waals surface area contributed by atoms with Gasteiger partial charge >= 0.3 is 0 Å². The first-order valence-electron chi connectivity index (χ1n) is 10.0. The van der Waals surface area contributed by atoms with E-state index in [0.29, 0.717) is 28.9 Å². The number of thioether (sulfide) groups is 1. The second kappa shape index (κ2) is 8.55. The Morgan fingerprint density at radius 3 is 2.45 bits per heavy atom. The molecular formula is C23H23N3O4S. The highest BCUT2D eigenvalue weighted by molar-refractivity contribution is 8.15. The fourth-order valence-corrected chi connectivity index (χ4v) is 4.69. The van der Waals surface area contributed by atoms with E-state index < -0.39 is 5.25 Å². The SMILES string of the molecule is CC(C)N1C(=O)SC(Cc2ccc(OCc3nc4ccccc4c(=O)n3C)cc2)C1=O. The van der Waals surface area contributed by atoms with Gasteiger partial charge in [0.25, 0.3) is 10.8 Å². The van der Waals surface area contributed by atoms with Crippen molar-refractivity contribution >= 4 is 33.8 Å². The number of fused-ring (bicyclic) bond motifs is 1. The van der Waals surface area contributed by atoms with Gasteiger partial charge in [0.2, 0.25) is 5.91 Å². The number of amides is 2. The second-order valence-electron chi connectivity index (χ2n) is 7.72. The van der Waals surface area contributed by atoms with Crippen LogP contribution in [-0.4, -0.2) is 36.9 Å². The molecule has 2 amide bonds. The lowest BCUT2D eigenvalue weighted by atomic mass is 10.1. The Hall–Kier alpha value is -3.13. The molecule has 31 heavy (non-hydrogen) atoms. The van der Waals surface area contributed by atoms with Gasteiger partial charge in [0.15, 0.2) is 0 Å². The molecule has 3 aromatic rings. The number of imide groups is 1. The van der Waals surface area contributed by atoms with Gasteiger partial charge < -0.3 is 4.74 Å². The predicted molar refractivity (Wildman–Crippen MR) is 120 cm³/mol. The molecule has 160 valence electrons. The summed E-state index contributed by atoms with van der Waals surface area (Å²) in [6, 6.07) is 14.5. The lowest BCUT2D eigenvalue weighted by Crippen LogP contribution is -2.37. The van der Waals surface area contributed by atoms with E-state index in [9.17, 15) is 14.4 Å². The lowest BCUT2D eigenvalue weighted by Gasteiger charge is -2.17. The summed E-state index contributed by atoms with van der Waals surface area (Å²) < 4.78 is 7.33. The van der Waals surface area contributed by atoms with Gasteiger partial charge in [0.05, 0.1) is 16.2 Å². The summed E-state index contributed by atoms with van der Waals surface area (Å²) in [7, 11) is 1.68. The zero-order valence-corrected chi connectivity index (χ0v) is 18.4. The molecule has 0 N–H and O–H groups in total. The Bertz CT molecular complexity index is 1200. The highest BCUT2D eigenvalue weighted by Crippen LogP contribution is 2.31. The van der Waals surface area contributed by atoms with E-state index in [-0.39, 0.29) is 29.4 Å². The molecule has 7 nitrogen and oxygen atoms in total. The molecule has 1 aliphatic heterocycles.